The molecule has 4 nitrogen and oxygen atoms in total. The van der Waals surface area contributed by atoms with E-state index in [1.54, 1.807) is 12.1 Å². The summed E-state index contributed by atoms with van der Waals surface area (Å²) >= 11 is 6.05. The van der Waals surface area contributed by atoms with E-state index in [1.807, 2.05) is 35.2 Å². The molecule has 122 valence electrons. The molecule has 0 bridgehead atoms. The van der Waals surface area contributed by atoms with Gasteiger partial charge in [-0.3, -0.25) is 4.79 Å². The Kier molecular flexibility index (Phi) is 5.02. The summed E-state index contributed by atoms with van der Waals surface area (Å²) in [5, 5.41) is 12.7. The van der Waals surface area contributed by atoms with Gasteiger partial charge in [-0.2, -0.15) is 5.26 Å². The normalized spacial score (nSPS) is 13.8. The van der Waals surface area contributed by atoms with E-state index in [-0.39, 0.29) is 5.91 Å². The van der Waals surface area contributed by atoms with Crippen LogP contribution in [0.3, 0.4) is 0 Å². The van der Waals surface area contributed by atoms with Gasteiger partial charge in [0, 0.05) is 31.7 Å². The fourth-order valence-corrected chi connectivity index (χ4v) is 3.07. The molecule has 0 spiro atoms. The van der Waals surface area contributed by atoms with Crippen LogP contribution in [0.2, 0.25) is 5.02 Å². The lowest BCUT2D eigenvalue weighted by Crippen LogP contribution is -2.23. The summed E-state index contributed by atoms with van der Waals surface area (Å²) in [5.74, 6) is 0.241. The quantitative estimate of drug-likeness (QED) is 0.897. The zero-order valence-electron chi connectivity index (χ0n) is 13.3. The van der Waals surface area contributed by atoms with Crippen LogP contribution in [-0.2, 0) is 17.9 Å². The average molecular weight is 340 g/mol. The van der Waals surface area contributed by atoms with Crippen LogP contribution in [0, 0.1) is 11.3 Å². The van der Waals surface area contributed by atoms with E-state index >= 15 is 0 Å². The highest BCUT2D eigenvalue weighted by Gasteiger charge is 2.19. The van der Waals surface area contributed by atoms with Crippen LogP contribution in [-0.4, -0.2) is 17.4 Å². The number of anilines is 1. The van der Waals surface area contributed by atoms with E-state index in [1.165, 1.54) is 0 Å². The number of benzene rings is 2. The molecule has 0 saturated carbocycles. The highest BCUT2D eigenvalue weighted by Crippen LogP contribution is 2.21. The number of rotatable bonds is 5. The number of nitriles is 1. The summed E-state index contributed by atoms with van der Waals surface area (Å²) in [4.78, 5) is 13.6. The van der Waals surface area contributed by atoms with Gasteiger partial charge < -0.3 is 10.2 Å². The Bertz CT molecular complexity index is 797. The Balaban J connectivity index is 1.63. The number of amides is 1. The number of halogens is 1. The van der Waals surface area contributed by atoms with Crippen LogP contribution >= 0.6 is 11.6 Å². The van der Waals surface area contributed by atoms with Gasteiger partial charge in [0.05, 0.1) is 10.6 Å². The zero-order valence-corrected chi connectivity index (χ0v) is 14.0. The second kappa shape index (κ2) is 7.37. The predicted molar refractivity (Wildman–Crippen MR) is 94.6 cm³/mol. The van der Waals surface area contributed by atoms with E-state index in [9.17, 15) is 4.79 Å². The van der Waals surface area contributed by atoms with Crippen LogP contribution in [0.25, 0.3) is 0 Å². The van der Waals surface area contributed by atoms with Crippen molar-refractivity contribution < 1.29 is 4.79 Å². The SMILES string of the molecule is N#Cc1ccc(NCc2cccc(CN3CCCC3=O)c2)cc1Cl. The van der Waals surface area contributed by atoms with Crippen molar-refractivity contribution in [3.63, 3.8) is 0 Å². The summed E-state index contributed by atoms with van der Waals surface area (Å²) in [5.41, 5.74) is 3.63. The molecule has 3 rings (SSSR count). The monoisotopic (exact) mass is 339 g/mol. The smallest absolute Gasteiger partial charge is 0.222 e. The Hall–Kier alpha value is -2.51. The van der Waals surface area contributed by atoms with Crippen molar-refractivity contribution in [2.75, 3.05) is 11.9 Å². The highest BCUT2D eigenvalue weighted by molar-refractivity contribution is 6.32. The number of likely N-dealkylation sites (tertiary alicyclic amines) is 1. The number of carbonyl (C=O) groups is 1. The van der Waals surface area contributed by atoms with Crippen molar-refractivity contribution >= 4 is 23.2 Å². The lowest BCUT2D eigenvalue weighted by atomic mass is 10.1. The third kappa shape index (κ3) is 3.87. The first-order valence-corrected chi connectivity index (χ1v) is 8.32. The summed E-state index contributed by atoms with van der Waals surface area (Å²) in [7, 11) is 0. The summed E-state index contributed by atoms with van der Waals surface area (Å²) in [6.07, 6.45) is 1.63. The van der Waals surface area contributed by atoms with Crippen molar-refractivity contribution in [3.8, 4) is 6.07 Å². The third-order valence-corrected chi connectivity index (χ3v) is 4.44. The Morgan fingerprint density at radius 3 is 2.75 bits per heavy atom. The second-order valence-corrected chi connectivity index (χ2v) is 6.31. The topological polar surface area (TPSA) is 56.1 Å². The lowest BCUT2D eigenvalue weighted by molar-refractivity contribution is -0.128. The van der Waals surface area contributed by atoms with Crippen molar-refractivity contribution in [1.82, 2.24) is 4.90 Å². The zero-order chi connectivity index (χ0) is 16.9. The van der Waals surface area contributed by atoms with Crippen LogP contribution < -0.4 is 5.32 Å². The van der Waals surface area contributed by atoms with Crippen molar-refractivity contribution in [2.45, 2.75) is 25.9 Å². The minimum atomic E-state index is 0.241. The van der Waals surface area contributed by atoms with Crippen LogP contribution in [0.4, 0.5) is 5.69 Å². The van der Waals surface area contributed by atoms with Gasteiger partial charge in [-0.25, -0.2) is 0 Å². The van der Waals surface area contributed by atoms with Gasteiger partial charge in [-0.05, 0) is 35.7 Å². The van der Waals surface area contributed by atoms with Gasteiger partial charge in [-0.15, -0.1) is 0 Å². The molecule has 1 amide bonds. The van der Waals surface area contributed by atoms with E-state index in [0.29, 0.717) is 30.1 Å². The van der Waals surface area contributed by atoms with E-state index in [4.69, 9.17) is 16.9 Å². The van der Waals surface area contributed by atoms with Crippen molar-refractivity contribution in [1.29, 1.82) is 5.26 Å². The van der Waals surface area contributed by atoms with Gasteiger partial charge in [-0.1, -0.05) is 35.9 Å². The van der Waals surface area contributed by atoms with E-state index < -0.39 is 0 Å². The number of hydrogen-bond acceptors (Lipinski definition) is 3. The largest absolute Gasteiger partial charge is 0.381 e. The molecule has 1 fully saturated rings. The minimum Gasteiger partial charge on any atom is -0.381 e. The molecule has 1 N–H and O–H groups in total. The fourth-order valence-electron chi connectivity index (χ4n) is 2.85. The first kappa shape index (κ1) is 16.4. The minimum absolute atomic E-state index is 0.241. The maximum absolute atomic E-state index is 11.7. The van der Waals surface area contributed by atoms with Gasteiger partial charge in [0.1, 0.15) is 6.07 Å². The second-order valence-electron chi connectivity index (χ2n) is 5.90. The van der Waals surface area contributed by atoms with Crippen molar-refractivity contribution in [2.24, 2.45) is 0 Å². The third-order valence-electron chi connectivity index (χ3n) is 4.12. The molecule has 5 heteroatoms. The highest BCUT2D eigenvalue weighted by atomic mass is 35.5. The van der Waals surface area contributed by atoms with Gasteiger partial charge in [0.25, 0.3) is 0 Å². The molecular weight excluding hydrogens is 322 g/mol. The number of nitrogens with one attached hydrogen (secondary N) is 1. The van der Waals surface area contributed by atoms with Crippen molar-refractivity contribution in [3.05, 3.63) is 64.2 Å². The first-order valence-electron chi connectivity index (χ1n) is 7.95. The Morgan fingerprint density at radius 1 is 1.21 bits per heavy atom. The maximum Gasteiger partial charge on any atom is 0.222 e. The summed E-state index contributed by atoms with van der Waals surface area (Å²) in [6, 6.07) is 15.6. The van der Waals surface area contributed by atoms with Gasteiger partial charge in [0.15, 0.2) is 0 Å². The molecule has 1 heterocycles. The van der Waals surface area contributed by atoms with Crippen LogP contribution in [0.15, 0.2) is 42.5 Å². The molecule has 1 aliphatic rings. The summed E-state index contributed by atoms with van der Waals surface area (Å²) in [6.45, 7) is 2.18. The average Bonchev–Trinajstić information content (AvgIpc) is 2.98. The fraction of sp³-hybridized carbons (Fsp3) is 0.263. The number of nitrogens with zero attached hydrogens (tertiary/aromatic N) is 2. The first-order chi connectivity index (χ1) is 11.7. The van der Waals surface area contributed by atoms with E-state index in [2.05, 4.69) is 11.4 Å². The molecule has 1 saturated heterocycles. The van der Waals surface area contributed by atoms with Crippen LogP contribution in [0.5, 0.6) is 0 Å². The Labute approximate surface area is 146 Å². The standard InChI is InChI=1S/C19H18ClN3O/c20-18-10-17(7-6-16(18)11-21)22-12-14-3-1-4-15(9-14)13-23-8-2-5-19(23)24/h1,3-4,6-7,9-10,22H,2,5,8,12-13H2. The molecule has 2 aromatic carbocycles. The molecule has 0 unspecified atom stereocenters. The lowest BCUT2D eigenvalue weighted by Gasteiger charge is -2.16. The van der Waals surface area contributed by atoms with Gasteiger partial charge in [0.2, 0.25) is 5.91 Å². The molecule has 0 atom stereocenters. The maximum atomic E-state index is 11.7. The van der Waals surface area contributed by atoms with Gasteiger partial charge >= 0.3 is 0 Å². The molecular formula is C19H18ClN3O. The number of carbonyl (C=O) groups excluding carboxylic acids is 1. The number of hydrogen-bond donors (Lipinski definition) is 1. The molecule has 0 aromatic heterocycles. The van der Waals surface area contributed by atoms with E-state index in [0.717, 1.165) is 29.8 Å². The molecule has 24 heavy (non-hydrogen) atoms. The molecule has 1 aliphatic heterocycles. The molecule has 0 radical (unpaired) electrons. The van der Waals surface area contributed by atoms with Crippen LogP contribution in [0.1, 0.15) is 29.5 Å². The molecule has 2 aromatic rings. The summed E-state index contributed by atoms with van der Waals surface area (Å²) < 4.78 is 0. The Morgan fingerprint density at radius 2 is 2.04 bits per heavy atom. The predicted octanol–water partition coefficient (Wildman–Crippen LogP) is 3.95. The molecule has 0 aliphatic carbocycles.